The molecule has 2 N–H and O–H groups in total. The van der Waals surface area contributed by atoms with E-state index in [-0.39, 0.29) is 0 Å². The summed E-state index contributed by atoms with van der Waals surface area (Å²) in [4.78, 5) is 2.43. The first kappa shape index (κ1) is 14.1. The lowest BCUT2D eigenvalue weighted by Gasteiger charge is -2.31. The Bertz CT molecular complexity index is 609. The van der Waals surface area contributed by atoms with Crippen LogP contribution in [-0.4, -0.2) is 28.9 Å². The summed E-state index contributed by atoms with van der Waals surface area (Å²) in [5.41, 5.74) is 11.0. The minimum absolute atomic E-state index is 0.359. The second kappa shape index (κ2) is 5.90. The van der Waals surface area contributed by atoms with E-state index in [0.29, 0.717) is 6.04 Å². The van der Waals surface area contributed by atoms with Gasteiger partial charge in [0, 0.05) is 19.1 Å². The number of aromatic nitrogens is 2. The number of nitrogens with zero attached hydrogens (tertiary/aromatic N) is 3. The van der Waals surface area contributed by atoms with Gasteiger partial charge in [-0.1, -0.05) is 25.1 Å². The van der Waals surface area contributed by atoms with Crippen molar-refractivity contribution in [3.05, 3.63) is 41.7 Å². The minimum Gasteiger partial charge on any atom is -0.369 e. The molecular weight excluding hydrogens is 260 g/mol. The van der Waals surface area contributed by atoms with Gasteiger partial charge in [0.15, 0.2) is 0 Å². The minimum atomic E-state index is 0.359. The smallest absolute Gasteiger partial charge is 0.0789 e. The van der Waals surface area contributed by atoms with Gasteiger partial charge in [-0.3, -0.25) is 0 Å². The Morgan fingerprint density at radius 2 is 1.90 bits per heavy atom. The first-order valence-corrected chi connectivity index (χ1v) is 7.84. The number of aryl methyl sites for hydroxylation is 1. The molecule has 2 aromatic rings. The molecule has 0 aliphatic carbocycles. The second-order valence-electron chi connectivity index (χ2n) is 5.85. The zero-order valence-electron chi connectivity index (χ0n) is 12.9. The van der Waals surface area contributed by atoms with Gasteiger partial charge < -0.3 is 10.6 Å². The average Bonchev–Trinajstić information content (AvgIpc) is 2.92. The van der Waals surface area contributed by atoms with Crippen molar-refractivity contribution in [3.63, 3.8) is 0 Å². The van der Waals surface area contributed by atoms with Crippen molar-refractivity contribution in [2.24, 2.45) is 5.73 Å². The molecule has 1 aliphatic heterocycles. The molecule has 1 fully saturated rings. The van der Waals surface area contributed by atoms with E-state index < -0.39 is 0 Å². The van der Waals surface area contributed by atoms with E-state index in [1.165, 1.54) is 22.6 Å². The molecule has 0 spiro atoms. The highest BCUT2D eigenvalue weighted by atomic mass is 15.3. The molecule has 1 aromatic carbocycles. The largest absolute Gasteiger partial charge is 0.369 e. The van der Waals surface area contributed by atoms with Crippen molar-refractivity contribution < 1.29 is 0 Å². The van der Waals surface area contributed by atoms with E-state index in [2.05, 4.69) is 52.8 Å². The monoisotopic (exact) mass is 284 g/mol. The molecule has 3 rings (SSSR count). The first-order valence-electron chi connectivity index (χ1n) is 7.84. The van der Waals surface area contributed by atoms with E-state index in [9.17, 15) is 0 Å². The molecule has 0 saturated carbocycles. The van der Waals surface area contributed by atoms with Crippen molar-refractivity contribution in [2.75, 3.05) is 18.0 Å². The highest BCUT2D eigenvalue weighted by molar-refractivity contribution is 5.54. The van der Waals surface area contributed by atoms with Crippen LogP contribution >= 0.6 is 0 Å². The number of rotatable bonds is 3. The molecule has 0 unspecified atom stereocenters. The van der Waals surface area contributed by atoms with Crippen LogP contribution in [0.25, 0.3) is 5.69 Å². The third-order valence-electron chi connectivity index (χ3n) is 4.41. The number of para-hydroxylation sites is 1. The highest BCUT2D eigenvalue weighted by Crippen LogP contribution is 2.27. The third-order valence-corrected chi connectivity index (χ3v) is 4.41. The Morgan fingerprint density at radius 1 is 1.19 bits per heavy atom. The van der Waals surface area contributed by atoms with Crippen LogP contribution in [0.5, 0.6) is 0 Å². The fraction of sp³-hybridized carbons (Fsp3) is 0.471. The maximum absolute atomic E-state index is 6.01. The molecule has 0 atom stereocenters. The number of benzene rings is 1. The maximum Gasteiger partial charge on any atom is 0.0789 e. The average molecular weight is 284 g/mol. The Kier molecular flexibility index (Phi) is 3.97. The topological polar surface area (TPSA) is 47.1 Å². The van der Waals surface area contributed by atoms with Gasteiger partial charge in [-0.05, 0) is 37.8 Å². The van der Waals surface area contributed by atoms with Crippen molar-refractivity contribution in [1.29, 1.82) is 0 Å². The lowest BCUT2D eigenvalue weighted by Crippen LogP contribution is -2.39. The van der Waals surface area contributed by atoms with Crippen molar-refractivity contribution in [3.8, 4) is 5.69 Å². The van der Waals surface area contributed by atoms with E-state index in [4.69, 9.17) is 5.73 Å². The molecule has 21 heavy (non-hydrogen) atoms. The number of hydrogen-bond acceptors (Lipinski definition) is 3. The summed E-state index contributed by atoms with van der Waals surface area (Å²) in [7, 11) is 0. The van der Waals surface area contributed by atoms with Crippen LogP contribution in [0, 0.1) is 6.92 Å². The van der Waals surface area contributed by atoms with E-state index in [1.54, 1.807) is 0 Å². The predicted molar refractivity (Wildman–Crippen MR) is 87.1 cm³/mol. The van der Waals surface area contributed by atoms with Crippen molar-refractivity contribution in [2.45, 2.75) is 39.2 Å². The molecule has 0 radical (unpaired) electrons. The summed E-state index contributed by atoms with van der Waals surface area (Å²) in [5, 5.41) is 4.66. The summed E-state index contributed by atoms with van der Waals surface area (Å²) < 4.78 is 2.10. The maximum atomic E-state index is 6.01. The van der Waals surface area contributed by atoms with Gasteiger partial charge in [-0.15, -0.1) is 0 Å². The van der Waals surface area contributed by atoms with Crippen LogP contribution in [0.3, 0.4) is 0 Å². The van der Waals surface area contributed by atoms with Gasteiger partial charge in [0.2, 0.25) is 0 Å². The quantitative estimate of drug-likeness (QED) is 0.942. The Labute approximate surface area is 126 Å². The molecular formula is C17H24N4. The predicted octanol–water partition coefficient (Wildman–Crippen LogP) is 2.67. The van der Waals surface area contributed by atoms with Crippen LogP contribution < -0.4 is 10.6 Å². The number of piperidine rings is 1. The number of hydrogen-bond donors (Lipinski definition) is 1. The van der Waals surface area contributed by atoms with Gasteiger partial charge in [0.1, 0.15) is 0 Å². The van der Waals surface area contributed by atoms with Crippen molar-refractivity contribution in [1.82, 2.24) is 9.78 Å². The van der Waals surface area contributed by atoms with Gasteiger partial charge in [0.25, 0.3) is 0 Å². The Balaban J connectivity index is 1.96. The van der Waals surface area contributed by atoms with Gasteiger partial charge in [-0.25, -0.2) is 4.68 Å². The summed E-state index contributed by atoms with van der Waals surface area (Å²) >= 11 is 0. The molecule has 4 heteroatoms. The Hall–Kier alpha value is -1.81. The van der Waals surface area contributed by atoms with Crippen molar-refractivity contribution >= 4 is 5.69 Å². The lowest BCUT2D eigenvalue weighted by molar-refractivity contribution is 0.500. The summed E-state index contributed by atoms with van der Waals surface area (Å²) in [6.07, 6.45) is 5.13. The summed E-state index contributed by atoms with van der Waals surface area (Å²) in [6, 6.07) is 8.77. The Morgan fingerprint density at radius 3 is 2.57 bits per heavy atom. The molecule has 4 nitrogen and oxygen atoms in total. The summed E-state index contributed by atoms with van der Waals surface area (Å²) in [6.45, 7) is 6.41. The number of anilines is 1. The molecule has 1 aromatic heterocycles. The molecule has 1 aliphatic rings. The van der Waals surface area contributed by atoms with E-state index in [0.717, 1.165) is 32.4 Å². The molecule has 0 bridgehead atoms. The van der Waals surface area contributed by atoms with Crippen LogP contribution in [-0.2, 0) is 6.42 Å². The molecule has 112 valence electrons. The van der Waals surface area contributed by atoms with E-state index >= 15 is 0 Å². The van der Waals surface area contributed by atoms with Gasteiger partial charge in [0.05, 0.1) is 23.3 Å². The second-order valence-corrected chi connectivity index (χ2v) is 5.85. The van der Waals surface area contributed by atoms with Gasteiger partial charge in [-0.2, -0.15) is 5.10 Å². The zero-order chi connectivity index (χ0) is 14.8. The first-order chi connectivity index (χ1) is 10.2. The SMILES string of the molecule is CCc1c(N2CCC(N)CC2)cnn1-c1ccccc1C. The molecule has 1 saturated heterocycles. The number of nitrogens with two attached hydrogens (primary N) is 1. The highest BCUT2D eigenvalue weighted by Gasteiger charge is 2.21. The van der Waals surface area contributed by atoms with Crippen LogP contribution in [0.2, 0.25) is 0 Å². The van der Waals surface area contributed by atoms with Crippen LogP contribution in [0.15, 0.2) is 30.5 Å². The van der Waals surface area contributed by atoms with Crippen LogP contribution in [0.1, 0.15) is 31.0 Å². The fourth-order valence-electron chi connectivity index (χ4n) is 3.11. The van der Waals surface area contributed by atoms with E-state index in [1.807, 2.05) is 6.20 Å². The fourth-order valence-corrected chi connectivity index (χ4v) is 3.11. The third kappa shape index (κ3) is 2.68. The molecule has 0 amide bonds. The molecule has 2 heterocycles. The lowest BCUT2D eigenvalue weighted by atomic mass is 10.1. The van der Waals surface area contributed by atoms with Gasteiger partial charge >= 0.3 is 0 Å². The normalized spacial score (nSPS) is 16.4. The summed E-state index contributed by atoms with van der Waals surface area (Å²) in [5.74, 6) is 0. The zero-order valence-corrected chi connectivity index (χ0v) is 12.9. The standard InChI is InChI=1S/C17H24N4/c1-3-15-17(20-10-8-14(18)9-11-20)12-19-21(15)16-7-5-4-6-13(16)2/h4-7,12,14H,3,8-11,18H2,1-2H3. The van der Waals surface area contributed by atoms with Crippen LogP contribution in [0.4, 0.5) is 5.69 Å².